The molecule has 2 heterocycles. The molecule has 5 nitrogen and oxygen atoms in total. The van der Waals surface area contributed by atoms with E-state index in [1.165, 1.54) is 5.56 Å². The highest BCUT2D eigenvalue weighted by molar-refractivity contribution is 5.76. The Morgan fingerprint density at radius 2 is 1.72 bits per heavy atom. The van der Waals surface area contributed by atoms with Crippen LogP contribution in [0.3, 0.4) is 0 Å². The van der Waals surface area contributed by atoms with Crippen LogP contribution < -0.4 is 0 Å². The highest BCUT2D eigenvalue weighted by Crippen LogP contribution is 2.23. The smallest absolute Gasteiger partial charge is 0.311 e. The first kappa shape index (κ1) is 21.5. The third-order valence-electron chi connectivity index (χ3n) is 5.64. The van der Waals surface area contributed by atoms with Crippen molar-refractivity contribution in [1.29, 1.82) is 0 Å². The number of nitrogens with zero attached hydrogens (tertiary/aromatic N) is 2. The Labute approximate surface area is 187 Å². The number of rotatable bonds is 9. The highest BCUT2D eigenvalue weighted by atomic mass is 16.4. The summed E-state index contributed by atoms with van der Waals surface area (Å²) in [5.74, 6) is 0.113. The fourth-order valence-electron chi connectivity index (χ4n) is 3.83. The van der Waals surface area contributed by atoms with E-state index in [9.17, 15) is 9.90 Å². The van der Waals surface area contributed by atoms with Crippen LogP contribution in [-0.4, -0.2) is 21.0 Å². The van der Waals surface area contributed by atoms with Gasteiger partial charge in [-0.2, -0.15) is 0 Å². The topological polar surface area (TPSA) is 76.2 Å². The minimum Gasteiger partial charge on any atom is -0.481 e. The molecular formula is C27H26N2O3. The van der Waals surface area contributed by atoms with Gasteiger partial charge in [-0.25, -0.2) is 4.98 Å². The van der Waals surface area contributed by atoms with E-state index in [1.54, 1.807) is 18.5 Å². The number of aromatic nitrogens is 2. The van der Waals surface area contributed by atoms with Crippen molar-refractivity contribution >= 4 is 5.97 Å². The lowest BCUT2D eigenvalue weighted by Gasteiger charge is -2.13. The van der Waals surface area contributed by atoms with Gasteiger partial charge < -0.3 is 9.52 Å². The maximum Gasteiger partial charge on any atom is 0.311 e. The molecule has 0 aliphatic rings. The van der Waals surface area contributed by atoms with E-state index in [0.29, 0.717) is 12.3 Å². The highest BCUT2D eigenvalue weighted by Gasteiger charge is 2.20. The first-order chi connectivity index (χ1) is 15.6. The Morgan fingerprint density at radius 3 is 2.41 bits per heavy atom. The van der Waals surface area contributed by atoms with E-state index in [0.717, 1.165) is 47.4 Å². The van der Waals surface area contributed by atoms with Crippen LogP contribution in [0.25, 0.3) is 11.5 Å². The van der Waals surface area contributed by atoms with Crippen molar-refractivity contribution in [2.45, 2.75) is 38.5 Å². The van der Waals surface area contributed by atoms with Crippen LogP contribution in [0, 0.1) is 6.92 Å². The molecule has 0 spiro atoms. The zero-order chi connectivity index (χ0) is 22.3. The van der Waals surface area contributed by atoms with Crippen molar-refractivity contribution in [2.24, 2.45) is 0 Å². The first-order valence-electron chi connectivity index (χ1n) is 10.8. The molecule has 0 aliphatic carbocycles. The van der Waals surface area contributed by atoms with E-state index in [4.69, 9.17) is 4.42 Å². The number of benzene rings is 2. The quantitative estimate of drug-likeness (QED) is 0.375. The van der Waals surface area contributed by atoms with Gasteiger partial charge in [0.25, 0.3) is 0 Å². The minimum atomic E-state index is -0.833. The second kappa shape index (κ2) is 10.1. The zero-order valence-corrected chi connectivity index (χ0v) is 18.1. The van der Waals surface area contributed by atoms with Crippen molar-refractivity contribution in [3.63, 3.8) is 0 Å². The molecule has 0 bridgehead atoms. The third kappa shape index (κ3) is 5.30. The molecule has 0 aliphatic heterocycles. The molecule has 4 aromatic rings. The van der Waals surface area contributed by atoms with Crippen molar-refractivity contribution < 1.29 is 14.3 Å². The average molecular weight is 427 g/mol. The molecule has 1 atom stereocenters. The second-order valence-electron chi connectivity index (χ2n) is 7.94. The van der Waals surface area contributed by atoms with E-state index in [2.05, 4.69) is 22.1 Å². The van der Waals surface area contributed by atoms with Crippen LogP contribution in [0.4, 0.5) is 0 Å². The fourth-order valence-corrected chi connectivity index (χ4v) is 3.83. The molecular weight excluding hydrogens is 400 g/mol. The number of carbonyl (C=O) groups is 1. The number of oxazole rings is 1. The molecule has 32 heavy (non-hydrogen) atoms. The second-order valence-corrected chi connectivity index (χ2v) is 7.94. The van der Waals surface area contributed by atoms with Gasteiger partial charge in [0.1, 0.15) is 5.76 Å². The van der Waals surface area contributed by atoms with E-state index in [-0.39, 0.29) is 0 Å². The predicted octanol–water partition coefficient (Wildman–Crippen LogP) is 5.63. The van der Waals surface area contributed by atoms with Gasteiger partial charge in [0.15, 0.2) is 0 Å². The van der Waals surface area contributed by atoms with Gasteiger partial charge in [0.2, 0.25) is 5.89 Å². The maximum atomic E-state index is 11.7. The summed E-state index contributed by atoms with van der Waals surface area (Å²) in [7, 11) is 0. The molecule has 0 saturated heterocycles. The van der Waals surface area contributed by atoms with E-state index < -0.39 is 11.9 Å². The number of hydrogen-bond acceptors (Lipinski definition) is 4. The molecule has 1 N–H and O–H groups in total. The molecule has 2 aromatic carbocycles. The molecule has 0 fully saturated rings. The van der Waals surface area contributed by atoms with Crippen LogP contribution >= 0.6 is 0 Å². The number of aryl methyl sites for hydroxylation is 3. The Kier molecular flexibility index (Phi) is 6.75. The summed E-state index contributed by atoms with van der Waals surface area (Å²) < 4.78 is 5.85. The van der Waals surface area contributed by atoms with Crippen LogP contribution in [-0.2, 0) is 24.1 Å². The van der Waals surface area contributed by atoms with E-state index >= 15 is 0 Å². The van der Waals surface area contributed by atoms with Gasteiger partial charge in [-0.3, -0.25) is 9.78 Å². The van der Waals surface area contributed by atoms with Crippen LogP contribution in [0.1, 0.15) is 40.5 Å². The van der Waals surface area contributed by atoms with Crippen LogP contribution in [0.5, 0.6) is 0 Å². The lowest BCUT2D eigenvalue weighted by atomic mass is 9.92. The SMILES string of the molecule is Cc1oc(-c2ccccc2)nc1CCCc1ccc(CC(C(=O)O)c2cccnc2)cc1. The lowest BCUT2D eigenvalue weighted by molar-refractivity contribution is -0.138. The lowest BCUT2D eigenvalue weighted by Crippen LogP contribution is -2.14. The minimum absolute atomic E-state index is 0.446. The van der Waals surface area contributed by atoms with Crippen LogP contribution in [0.15, 0.2) is 83.5 Å². The summed E-state index contributed by atoms with van der Waals surface area (Å²) in [6, 6.07) is 21.7. The molecule has 2 aromatic heterocycles. The number of carboxylic acids is 1. The molecule has 5 heteroatoms. The summed E-state index contributed by atoms with van der Waals surface area (Å²) in [5, 5.41) is 9.62. The molecule has 0 amide bonds. The van der Waals surface area contributed by atoms with E-state index in [1.807, 2.05) is 55.5 Å². The Hall–Kier alpha value is -3.73. The summed E-state index contributed by atoms with van der Waals surface area (Å²) in [4.78, 5) is 20.5. The Bertz CT molecular complexity index is 1150. The summed E-state index contributed by atoms with van der Waals surface area (Å²) in [6.07, 6.45) is 6.48. The molecule has 0 radical (unpaired) electrons. The number of aliphatic carboxylic acids is 1. The third-order valence-corrected chi connectivity index (χ3v) is 5.64. The number of pyridine rings is 1. The molecule has 1 unspecified atom stereocenters. The van der Waals surface area contributed by atoms with Crippen molar-refractivity contribution in [2.75, 3.05) is 0 Å². The fraction of sp³-hybridized carbons (Fsp3) is 0.222. The maximum absolute atomic E-state index is 11.7. The Balaban J connectivity index is 1.34. The van der Waals surface area contributed by atoms with Crippen LogP contribution in [0.2, 0.25) is 0 Å². The van der Waals surface area contributed by atoms with Crippen molar-refractivity contribution in [3.8, 4) is 11.5 Å². The summed E-state index contributed by atoms with van der Waals surface area (Å²) in [5.41, 5.74) is 4.95. The molecule has 162 valence electrons. The number of hydrogen-bond donors (Lipinski definition) is 1. The van der Waals surface area contributed by atoms with Gasteiger partial charge in [-0.15, -0.1) is 0 Å². The predicted molar refractivity (Wildman–Crippen MR) is 123 cm³/mol. The first-order valence-corrected chi connectivity index (χ1v) is 10.8. The van der Waals surface area contributed by atoms with Gasteiger partial charge >= 0.3 is 5.97 Å². The monoisotopic (exact) mass is 426 g/mol. The standard InChI is InChI=1S/C27H26N2O3/c1-19-25(29-26(32-19)22-8-3-2-4-9-22)11-5-7-20-12-14-21(15-13-20)17-24(27(30)31)23-10-6-16-28-18-23/h2-4,6,8-10,12-16,18,24H,5,7,11,17H2,1H3,(H,30,31). The average Bonchev–Trinajstić information content (AvgIpc) is 3.20. The summed E-state index contributed by atoms with van der Waals surface area (Å²) in [6.45, 7) is 1.96. The van der Waals surface area contributed by atoms with Gasteiger partial charge in [-0.05, 0) is 67.5 Å². The zero-order valence-electron chi connectivity index (χ0n) is 18.1. The van der Waals surface area contributed by atoms with Gasteiger partial charge in [0.05, 0.1) is 11.6 Å². The van der Waals surface area contributed by atoms with Crippen molar-refractivity contribution in [3.05, 3.63) is 107 Å². The summed E-state index contributed by atoms with van der Waals surface area (Å²) >= 11 is 0. The van der Waals surface area contributed by atoms with Crippen molar-refractivity contribution in [1.82, 2.24) is 9.97 Å². The number of carboxylic acid groups (broad SMARTS) is 1. The normalized spacial score (nSPS) is 11.9. The Morgan fingerprint density at radius 1 is 0.969 bits per heavy atom. The molecule has 0 saturated carbocycles. The van der Waals surface area contributed by atoms with Gasteiger partial charge in [0, 0.05) is 18.0 Å². The molecule has 4 rings (SSSR count). The van der Waals surface area contributed by atoms with Gasteiger partial charge in [-0.1, -0.05) is 48.5 Å². The largest absolute Gasteiger partial charge is 0.481 e.